The first-order chi connectivity index (χ1) is 6.22. The zero-order chi connectivity index (χ0) is 9.42. The summed E-state index contributed by atoms with van der Waals surface area (Å²) in [6, 6.07) is 2.05. The number of hydrogen-bond donors (Lipinski definition) is 1. The lowest BCUT2D eigenvalue weighted by atomic mass is 10.1. The molecule has 0 aromatic carbocycles. The molecule has 2 heterocycles. The van der Waals surface area contributed by atoms with E-state index in [4.69, 9.17) is 0 Å². The molecule has 0 saturated carbocycles. The molecule has 0 fully saturated rings. The number of aryl methyl sites for hydroxylation is 3. The average Bonchev–Trinajstić information content (AvgIpc) is 2.48. The molecular weight excluding hydrogens is 162 g/mol. The zero-order valence-corrected chi connectivity index (χ0v) is 8.18. The second kappa shape index (κ2) is 2.83. The smallest absolute Gasteiger partial charge is 0.0960 e. The van der Waals surface area contributed by atoms with E-state index in [0.717, 1.165) is 34.4 Å². The third kappa shape index (κ3) is 1.20. The van der Waals surface area contributed by atoms with Crippen LogP contribution in [0.3, 0.4) is 0 Å². The number of H-pyrrole nitrogens is 1. The summed E-state index contributed by atoms with van der Waals surface area (Å²) in [6.07, 6.45) is 0.961. The molecule has 13 heavy (non-hydrogen) atoms. The normalized spacial score (nSPS) is 11.0. The Labute approximate surface area is 77.2 Å². The Morgan fingerprint density at radius 2 is 2.15 bits per heavy atom. The zero-order valence-electron chi connectivity index (χ0n) is 8.18. The third-order valence-corrected chi connectivity index (χ3v) is 2.31. The highest BCUT2D eigenvalue weighted by molar-refractivity contribution is 5.83. The maximum atomic E-state index is 4.49. The van der Waals surface area contributed by atoms with E-state index in [-0.39, 0.29) is 0 Å². The fourth-order valence-corrected chi connectivity index (χ4v) is 1.65. The quantitative estimate of drug-likeness (QED) is 0.721. The molecule has 0 saturated heterocycles. The summed E-state index contributed by atoms with van der Waals surface area (Å²) < 4.78 is 0. The van der Waals surface area contributed by atoms with Crippen LogP contribution in [-0.2, 0) is 6.42 Å². The van der Waals surface area contributed by atoms with Crippen molar-refractivity contribution < 1.29 is 0 Å². The van der Waals surface area contributed by atoms with Gasteiger partial charge < -0.3 is 0 Å². The molecule has 0 unspecified atom stereocenters. The van der Waals surface area contributed by atoms with Crippen LogP contribution in [0.5, 0.6) is 0 Å². The molecular formula is C10H13N3. The summed E-state index contributed by atoms with van der Waals surface area (Å²) in [5.74, 6) is 0. The lowest BCUT2D eigenvalue weighted by molar-refractivity contribution is 1.02. The maximum Gasteiger partial charge on any atom is 0.0960 e. The first kappa shape index (κ1) is 8.23. The van der Waals surface area contributed by atoms with E-state index in [0.29, 0.717) is 0 Å². The van der Waals surface area contributed by atoms with Gasteiger partial charge in [0, 0.05) is 22.5 Å². The van der Waals surface area contributed by atoms with E-state index in [9.17, 15) is 0 Å². The Hall–Kier alpha value is -1.38. The molecule has 0 spiro atoms. The Balaban J connectivity index is 2.79. The molecule has 3 nitrogen and oxygen atoms in total. The highest BCUT2D eigenvalue weighted by Crippen LogP contribution is 2.18. The minimum absolute atomic E-state index is 0.961. The van der Waals surface area contributed by atoms with Gasteiger partial charge in [-0.25, -0.2) is 0 Å². The van der Waals surface area contributed by atoms with Gasteiger partial charge in [0.15, 0.2) is 0 Å². The van der Waals surface area contributed by atoms with Crippen LogP contribution in [0.1, 0.15) is 24.0 Å². The molecule has 2 rings (SSSR count). The molecule has 1 N–H and O–H groups in total. The minimum Gasteiger partial charge on any atom is -0.282 e. The van der Waals surface area contributed by atoms with Gasteiger partial charge in [-0.2, -0.15) is 5.10 Å². The van der Waals surface area contributed by atoms with Gasteiger partial charge in [0.2, 0.25) is 0 Å². The summed E-state index contributed by atoms with van der Waals surface area (Å²) in [5, 5.41) is 8.37. The number of fused-ring (bicyclic) bond motifs is 1. The van der Waals surface area contributed by atoms with Crippen LogP contribution in [0.25, 0.3) is 10.9 Å². The molecule has 0 amide bonds. The van der Waals surface area contributed by atoms with E-state index < -0.39 is 0 Å². The Morgan fingerprint density at radius 3 is 2.85 bits per heavy atom. The molecule has 2 aromatic rings. The van der Waals surface area contributed by atoms with Gasteiger partial charge >= 0.3 is 0 Å². The van der Waals surface area contributed by atoms with Crippen molar-refractivity contribution in [3.05, 3.63) is 23.1 Å². The molecule has 0 bridgehead atoms. The third-order valence-electron chi connectivity index (χ3n) is 2.31. The second-order valence-corrected chi connectivity index (χ2v) is 3.30. The molecule has 0 aliphatic heterocycles. The van der Waals surface area contributed by atoms with Crippen LogP contribution in [-0.4, -0.2) is 15.2 Å². The Bertz CT molecular complexity index is 443. The van der Waals surface area contributed by atoms with Crippen molar-refractivity contribution >= 4 is 10.9 Å². The van der Waals surface area contributed by atoms with E-state index >= 15 is 0 Å². The van der Waals surface area contributed by atoms with Crippen LogP contribution in [0.4, 0.5) is 0 Å². The van der Waals surface area contributed by atoms with Gasteiger partial charge in [0.1, 0.15) is 0 Å². The monoisotopic (exact) mass is 175 g/mol. The first-order valence-corrected chi connectivity index (χ1v) is 4.53. The highest BCUT2D eigenvalue weighted by atomic mass is 15.1. The van der Waals surface area contributed by atoms with Crippen LogP contribution in [0.15, 0.2) is 6.07 Å². The van der Waals surface area contributed by atoms with Gasteiger partial charge in [0.05, 0.1) is 5.52 Å². The van der Waals surface area contributed by atoms with E-state index in [1.165, 1.54) is 0 Å². The Morgan fingerprint density at radius 1 is 1.38 bits per heavy atom. The van der Waals surface area contributed by atoms with E-state index in [1.54, 1.807) is 0 Å². The first-order valence-electron chi connectivity index (χ1n) is 4.53. The van der Waals surface area contributed by atoms with Crippen molar-refractivity contribution in [1.82, 2.24) is 15.2 Å². The second-order valence-electron chi connectivity index (χ2n) is 3.30. The largest absolute Gasteiger partial charge is 0.282 e. The number of nitrogens with one attached hydrogen (secondary N) is 1. The lowest BCUT2D eigenvalue weighted by Gasteiger charge is -1.99. The predicted octanol–water partition coefficient (Wildman–Crippen LogP) is 2.14. The topological polar surface area (TPSA) is 41.6 Å². The molecule has 3 heteroatoms. The summed E-state index contributed by atoms with van der Waals surface area (Å²) in [6.45, 7) is 6.16. The molecule has 0 aliphatic rings. The summed E-state index contributed by atoms with van der Waals surface area (Å²) >= 11 is 0. The van der Waals surface area contributed by atoms with Gasteiger partial charge in [0.25, 0.3) is 0 Å². The number of rotatable bonds is 1. The maximum absolute atomic E-state index is 4.49. The molecule has 2 aromatic heterocycles. The van der Waals surface area contributed by atoms with Crippen LogP contribution < -0.4 is 0 Å². The molecule has 0 atom stereocenters. The lowest BCUT2D eigenvalue weighted by Crippen LogP contribution is -1.90. The van der Waals surface area contributed by atoms with Crippen LogP contribution >= 0.6 is 0 Å². The van der Waals surface area contributed by atoms with E-state index in [1.807, 2.05) is 19.9 Å². The number of pyridine rings is 1. The minimum atomic E-state index is 0.961. The molecule has 68 valence electrons. The standard InChI is InChI=1S/C10H13N3/c1-4-8-5-9-10(6(2)11-8)7(3)12-13-9/h5H,4H2,1-3H3,(H,12,13). The molecule has 0 radical (unpaired) electrons. The number of hydrogen-bond acceptors (Lipinski definition) is 2. The van der Waals surface area contributed by atoms with Gasteiger partial charge in [-0.15, -0.1) is 0 Å². The van der Waals surface area contributed by atoms with Crippen molar-refractivity contribution in [2.45, 2.75) is 27.2 Å². The van der Waals surface area contributed by atoms with E-state index in [2.05, 4.69) is 22.1 Å². The van der Waals surface area contributed by atoms with Crippen molar-refractivity contribution in [2.24, 2.45) is 0 Å². The van der Waals surface area contributed by atoms with Crippen molar-refractivity contribution in [2.75, 3.05) is 0 Å². The van der Waals surface area contributed by atoms with Crippen molar-refractivity contribution in [1.29, 1.82) is 0 Å². The summed E-state index contributed by atoms with van der Waals surface area (Å²) in [5.41, 5.74) is 4.31. The van der Waals surface area contributed by atoms with Gasteiger partial charge in [-0.1, -0.05) is 6.92 Å². The van der Waals surface area contributed by atoms with Gasteiger partial charge in [-0.3, -0.25) is 10.1 Å². The van der Waals surface area contributed by atoms with Crippen molar-refractivity contribution in [3.8, 4) is 0 Å². The fourth-order valence-electron chi connectivity index (χ4n) is 1.65. The number of aromatic nitrogens is 3. The highest BCUT2D eigenvalue weighted by Gasteiger charge is 2.06. The number of nitrogens with zero attached hydrogens (tertiary/aromatic N) is 2. The Kier molecular flexibility index (Phi) is 1.79. The average molecular weight is 175 g/mol. The fraction of sp³-hybridized carbons (Fsp3) is 0.400. The summed E-state index contributed by atoms with van der Waals surface area (Å²) in [4.78, 5) is 4.49. The van der Waals surface area contributed by atoms with Gasteiger partial charge in [-0.05, 0) is 26.3 Å². The van der Waals surface area contributed by atoms with Crippen LogP contribution in [0, 0.1) is 13.8 Å². The number of aromatic amines is 1. The molecule has 0 aliphatic carbocycles. The van der Waals surface area contributed by atoms with Crippen molar-refractivity contribution in [3.63, 3.8) is 0 Å². The predicted molar refractivity (Wildman–Crippen MR) is 52.7 cm³/mol. The summed E-state index contributed by atoms with van der Waals surface area (Å²) in [7, 11) is 0. The van der Waals surface area contributed by atoms with Crippen LogP contribution in [0.2, 0.25) is 0 Å². The SMILES string of the molecule is CCc1cc2n[nH]c(C)c2c(C)n1.